The lowest BCUT2D eigenvalue weighted by Crippen LogP contribution is -2.24. The van der Waals surface area contributed by atoms with Crippen LogP contribution in [-0.2, 0) is 4.79 Å². The zero-order valence-electron chi connectivity index (χ0n) is 20.5. The molecule has 4 aromatic rings. The quantitative estimate of drug-likeness (QED) is 0.327. The minimum absolute atomic E-state index is 0.0619. The number of aromatic nitrogens is 3. The van der Waals surface area contributed by atoms with Gasteiger partial charge in [0, 0.05) is 30.0 Å². The van der Waals surface area contributed by atoms with Crippen molar-refractivity contribution in [3.05, 3.63) is 83.0 Å². The molecule has 2 aromatic heterocycles. The molecule has 0 spiro atoms. The molecular formula is C28H31N5O2. The number of para-hydroxylation sites is 1. The molecular weight excluding hydrogens is 438 g/mol. The van der Waals surface area contributed by atoms with Crippen LogP contribution < -0.4 is 10.6 Å². The number of benzene rings is 2. The molecule has 0 radical (unpaired) electrons. The van der Waals surface area contributed by atoms with Crippen LogP contribution in [0.3, 0.4) is 0 Å². The maximum Gasteiger partial charge on any atom is 0.251 e. The minimum atomic E-state index is -0.0697. The van der Waals surface area contributed by atoms with Crippen LogP contribution in [0.1, 0.15) is 52.9 Å². The van der Waals surface area contributed by atoms with Crippen LogP contribution >= 0.6 is 0 Å². The largest absolute Gasteiger partial charge is 0.352 e. The highest BCUT2D eigenvalue weighted by Crippen LogP contribution is 2.24. The number of unbranched alkanes of at least 4 members (excludes halogenated alkanes) is 2. The fourth-order valence-electron chi connectivity index (χ4n) is 4.10. The topological polar surface area (TPSA) is 88.9 Å². The van der Waals surface area contributed by atoms with Gasteiger partial charge >= 0.3 is 0 Å². The van der Waals surface area contributed by atoms with E-state index in [1.54, 1.807) is 16.8 Å². The number of amides is 2. The number of nitrogens with one attached hydrogen (secondary N) is 2. The normalized spacial score (nSPS) is 10.9. The highest BCUT2D eigenvalue weighted by atomic mass is 16.2. The number of carbonyl (C=O) groups excluding carboxylic acids is 2. The van der Waals surface area contributed by atoms with Crippen molar-refractivity contribution in [3.8, 4) is 5.82 Å². The molecule has 2 N–H and O–H groups in total. The van der Waals surface area contributed by atoms with Crippen molar-refractivity contribution in [1.29, 1.82) is 0 Å². The Morgan fingerprint density at radius 2 is 1.69 bits per heavy atom. The molecule has 0 aliphatic carbocycles. The van der Waals surface area contributed by atoms with E-state index in [4.69, 9.17) is 4.98 Å². The first-order valence-electron chi connectivity index (χ1n) is 12.0. The van der Waals surface area contributed by atoms with E-state index in [0.29, 0.717) is 30.2 Å². The first kappa shape index (κ1) is 24.1. The Hall–Kier alpha value is -4.00. The van der Waals surface area contributed by atoms with Gasteiger partial charge in [-0.1, -0.05) is 42.8 Å². The van der Waals surface area contributed by atoms with E-state index in [-0.39, 0.29) is 11.8 Å². The summed E-state index contributed by atoms with van der Waals surface area (Å²) in [6.45, 7) is 6.59. The molecule has 2 heterocycles. The van der Waals surface area contributed by atoms with Gasteiger partial charge in [0.25, 0.3) is 5.91 Å². The predicted octanol–water partition coefficient (Wildman–Crippen LogP) is 5.27. The molecule has 0 bridgehead atoms. The van der Waals surface area contributed by atoms with Crippen molar-refractivity contribution in [1.82, 2.24) is 20.1 Å². The number of fused-ring (bicyclic) bond motifs is 1. The highest BCUT2D eigenvalue weighted by molar-refractivity contribution is 5.94. The van der Waals surface area contributed by atoms with E-state index >= 15 is 0 Å². The second-order valence-electron chi connectivity index (χ2n) is 8.83. The third-order valence-electron chi connectivity index (χ3n) is 5.95. The van der Waals surface area contributed by atoms with Gasteiger partial charge in [-0.05, 0) is 62.9 Å². The standard InChI is InChI=1S/C28H31N5O2/c1-19-11-10-14-23-20(2)17-24(31-27(19)23)33-25(18-21(3)32-33)30-26(34)15-8-5-9-16-29-28(35)22-12-6-4-7-13-22/h4,6-7,10-14,17-18H,5,8-9,15-16H2,1-3H3,(H,29,35)(H,30,34). The summed E-state index contributed by atoms with van der Waals surface area (Å²) >= 11 is 0. The van der Waals surface area contributed by atoms with Gasteiger partial charge in [0.1, 0.15) is 5.82 Å². The molecule has 0 fully saturated rings. The molecule has 4 rings (SSSR count). The Morgan fingerprint density at radius 3 is 2.49 bits per heavy atom. The van der Waals surface area contributed by atoms with Crippen molar-refractivity contribution in [2.45, 2.75) is 46.5 Å². The summed E-state index contributed by atoms with van der Waals surface area (Å²) in [4.78, 5) is 29.5. The maximum atomic E-state index is 12.6. The second kappa shape index (κ2) is 11.0. The van der Waals surface area contributed by atoms with E-state index in [0.717, 1.165) is 47.0 Å². The van der Waals surface area contributed by atoms with Gasteiger partial charge in [-0.25, -0.2) is 4.98 Å². The van der Waals surface area contributed by atoms with E-state index in [2.05, 4.69) is 28.7 Å². The molecule has 0 aliphatic heterocycles. The number of pyridine rings is 1. The van der Waals surface area contributed by atoms with Crippen molar-refractivity contribution >= 4 is 28.5 Å². The van der Waals surface area contributed by atoms with Crippen LogP contribution in [0.2, 0.25) is 0 Å². The molecule has 0 unspecified atom stereocenters. The number of hydrogen-bond donors (Lipinski definition) is 2. The number of aryl methyl sites for hydroxylation is 3. The van der Waals surface area contributed by atoms with Crippen LogP contribution in [0.25, 0.3) is 16.7 Å². The van der Waals surface area contributed by atoms with Gasteiger partial charge in [0.05, 0.1) is 11.2 Å². The fourth-order valence-corrected chi connectivity index (χ4v) is 4.10. The number of carbonyl (C=O) groups is 2. The summed E-state index contributed by atoms with van der Waals surface area (Å²) in [5.41, 5.74) is 4.61. The maximum absolute atomic E-state index is 12.6. The monoisotopic (exact) mass is 469 g/mol. The van der Waals surface area contributed by atoms with Gasteiger partial charge in [-0.15, -0.1) is 0 Å². The zero-order valence-corrected chi connectivity index (χ0v) is 20.5. The van der Waals surface area contributed by atoms with Gasteiger partial charge in [0.2, 0.25) is 5.91 Å². The predicted molar refractivity (Wildman–Crippen MR) is 139 cm³/mol. The lowest BCUT2D eigenvalue weighted by atomic mass is 10.1. The zero-order chi connectivity index (χ0) is 24.8. The van der Waals surface area contributed by atoms with Crippen LogP contribution in [0.4, 0.5) is 5.82 Å². The summed E-state index contributed by atoms with van der Waals surface area (Å²) in [5.74, 6) is 1.16. The Balaban J connectivity index is 1.31. The average Bonchev–Trinajstić information content (AvgIpc) is 3.22. The average molecular weight is 470 g/mol. The van der Waals surface area contributed by atoms with Crippen LogP contribution in [0.5, 0.6) is 0 Å². The number of hydrogen-bond acceptors (Lipinski definition) is 4. The van der Waals surface area contributed by atoms with E-state index in [1.165, 1.54) is 0 Å². The number of nitrogens with zero attached hydrogens (tertiary/aromatic N) is 3. The molecule has 7 nitrogen and oxygen atoms in total. The molecule has 2 amide bonds. The molecule has 35 heavy (non-hydrogen) atoms. The third-order valence-corrected chi connectivity index (χ3v) is 5.95. The summed E-state index contributed by atoms with van der Waals surface area (Å²) in [6.07, 6.45) is 2.82. The van der Waals surface area contributed by atoms with E-state index in [1.807, 2.05) is 56.3 Å². The van der Waals surface area contributed by atoms with Crippen LogP contribution in [0.15, 0.2) is 60.7 Å². The summed E-state index contributed by atoms with van der Waals surface area (Å²) < 4.78 is 1.70. The lowest BCUT2D eigenvalue weighted by Gasteiger charge is -2.12. The summed E-state index contributed by atoms with van der Waals surface area (Å²) in [7, 11) is 0. The van der Waals surface area contributed by atoms with Gasteiger partial charge in [-0.2, -0.15) is 9.78 Å². The first-order valence-corrected chi connectivity index (χ1v) is 12.0. The Kier molecular flexibility index (Phi) is 7.55. The second-order valence-corrected chi connectivity index (χ2v) is 8.83. The van der Waals surface area contributed by atoms with Gasteiger partial charge in [-0.3, -0.25) is 9.59 Å². The Bertz CT molecular complexity index is 1340. The third kappa shape index (κ3) is 5.93. The van der Waals surface area contributed by atoms with Crippen LogP contribution in [-0.4, -0.2) is 33.1 Å². The number of anilines is 1. The Morgan fingerprint density at radius 1 is 0.886 bits per heavy atom. The minimum Gasteiger partial charge on any atom is -0.352 e. The molecule has 7 heteroatoms. The van der Waals surface area contributed by atoms with Gasteiger partial charge in [0.15, 0.2) is 5.82 Å². The fraction of sp³-hybridized carbons (Fsp3) is 0.286. The number of rotatable bonds is 9. The molecule has 2 aromatic carbocycles. The molecule has 0 saturated carbocycles. The molecule has 0 atom stereocenters. The molecule has 0 aliphatic rings. The SMILES string of the molecule is Cc1cc(NC(=O)CCCCCNC(=O)c2ccccc2)n(-c2cc(C)c3cccc(C)c3n2)n1. The lowest BCUT2D eigenvalue weighted by molar-refractivity contribution is -0.116. The van der Waals surface area contributed by atoms with Crippen LogP contribution in [0, 0.1) is 20.8 Å². The first-order chi connectivity index (χ1) is 16.9. The Labute approximate surface area is 205 Å². The summed E-state index contributed by atoms with van der Waals surface area (Å²) in [6, 6.07) is 19.2. The van der Waals surface area contributed by atoms with E-state index in [9.17, 15) is 9.59 Å². The molecule has 180 valence electrons. The highest BCUT2D eigenvalue weighted by Gasteiger charge is 2.14. The van der Waals surface area contributed by atoms with Gasteiger partial charge < -0.3 is 10.6 Å². The smallest absolute Gasteiger partial charge is 0.251 e. The summed E-state index contributed by atoms with van der Waals surface area (Å²) in [5, 5.41) is 11.6. The van der Waals surface area contributed by atoms with Crippen molar-refractivity contribution in [2.75, 3.05) is 11.9 Å². The van der Waals surface area contributed by atoms with Crippen molar-refractivity contribution in [2.24, 2.45) is 0 Å². The van der Waals surface area contributed by atoms with Crippen molar-refractivity contribution in [3.63, 3.8) is 0 Å². The van der Waals surface area contributed by atoms with Crippen molar-refractivity contribution < 1.29 is 9.59 Å². The van der Waals surface area contributed by atoms with E-state index < -0.39 is 0 Å². The molecule has 0 saturated heterocycles.